The Kier molecular flexibility index (Phi) is 6.60. The van der Waals surface area contributed by atoms with E-state index in [1.54, 1.807) is 12.1 Å². The van der Waals surface area contributed by atoms with Gasteiger partial charge in [-0.2, -0.15) is 0 Å². The summed E-state index contributed by atoms with van der Waals surface area (Å²) in [6.45, 7) is -0.0428. The molecular formula is C19H22Cl2N2O4. The number of rotatable bonds is 5. The number of hydrogen-bond acceptors (Lipinski definition) is 4. The summed E-state index contributed by atoms with van der Waals surface area (Å²) in [5.74, 6) is -1.52. The normalized spacial score (nSPS) is 20.6. The summed E-state index contributed by atoms with van der Waals surface area (Å²) in [5.41, 5.74) is 0.390. The van der Waals surface area contributed by atoms with E-state index in [0.717, 1.165) is 25.7 Å². The lowest BCUT2D eigenvalue weighted by Gasteiger charge is -2.31. The Balaban J connectivity index is 1.47. The summed E-state index contributed by atoms with van der Waals surface area (Å²) >= 11 is 11.8. The van der Waals surface area contributed by atoms with Gasteiger partial charge in [0.15, 0.2) is 6.61 Å². The monoisotopic (exact) mass is 412 g/mol. The molecule has 0 bridgehead atoms. The lowest BCUT2D eigenvalue weighted by atomic mass is 9.94. The average Bonchev–Trinajstić information content (AvgIpc) is 3.04. The third-order valence-electron chi connectivity index (χ3n) is 5.06. The Bertz CT molecular complexity index is 734. The van der Waals surface area contributed by atoms with E-state index in [4.69, 9.17) is 27.9 Å². The number of carbonyl (C=O) groups excluding carboxylic acids is 3. The van der Waals surface area contributed by atoms with Crippen LogP contribution in [0.4, 0.5) is 5.69 Å². The van der Waals surface area contributed by atoms with Gasteiger partial charge in [0.25, 0.3) is 5.91 Å². The molecule has 146 valence electrons. The third kappa shape index (κ3) is 5.14. The van der Waals surface area contributed by atoms with E-state index in [9.17, 15) is 14.4 Å². The molecule has 8 heteroatoms. The van der Waals surface area contributed by atoms with Crippen LogP contribution in [0.5, 0.6) is 0 Å². The quantitative estimate of drug-likeness (QED) is 0.748. The minimum Gasteiger partial charge on any atom is -0.455 e. The fraction of sp³-hybridized carbons (Fsp3) is 0.526. The minimum atomic E-state index is -0.515. The number of anilines is 1. The molecule has 1 aliphatic carbocycles. The van der Waals surface area contributed by atoms with Gasteiger partial charge >= 0.3 is 5.97 Å². The van der Waals surface area contributed by atoms with Crippen molar-refractivity contribution in [3.8, 4) is 0 Å². The van der Waals surface area contributed by atoms with E-state index in [0.29, 0.717) is 22.3 Å². The van der Waals surface area contributed by atoms with Crippen molar-refractivity contribution in [1.82, 2.24) is 4.90 Å². The van der Waals surface area contributed by atoms with E-state index in [-0.39, 0.29) is 18.4 Å². The summed E-state index contributed by atoms with van der Waals surface area (Å²) in [4.78, 5) is 38.3. The van der Waals surface area contributed by atoms with Gasteiger partial charge in [0.2, 0.25) is 5.91 Å². The van der Waals surface area contributed by atoms with Crippen LogP contribution in [-0.4, -0.2) is 41.9 Å². The maximum atomic E-state index is 12.3. The van der Waals surface area contributed by atoms with Gasteiger partial charge in [-0.15, -0.1) is 0 Å². The standard InChI is InChI=1S/C19H22Cl2N2O4/c20-13-6-7-16(15(21)9-13)22-17(24)11-27-19(26)12-8-18(25)23(10-12)14-4-2-1-3-5-14/h6-7,9,12,14H,1-5,8,10-11H2,(H,22,24)/t12-/m1/s1. The molecule has 0 radical (unpaired) electrons. The number of esters is 1. The van der Waals surface area contributed by atoms with E-state index in [1.807, 2.05) is 4.90 Å². The molecule has 27 heavy (non-hydrogen) atoms. The highest BCUT2D eigenvalue weighted by molar-refractivity contribution is 6.36. The van der Waals surface area contributed by atoms with Crippen LogP contribution in [0.2, 0.25) is 10.0 Å². The molecule has 2 amide bonds. The third-order valence-corrected chi connectivity index (χ3v) is 5.61. The molecule has 1 heterocycles. The zero-order chi connectivity index (χ0) is 19.4. The second kappa shape index (κ2) is 8.93. The summed E-state index contributed by atoms with van der Waals surface area (Å²) in [6, 6.07) is 4.91. The SMILES string of the molecule is O=C(COC(=O)[C@@H]1CC(=O)N(C2CCCCC2)C1)Nc1ccc(Cl)cc1Cl. The van der Waals surface area contributed by atoms with Gasteiger partial charge in [-0.1, -0.05) is 42.5 Å². The van der Waals surface area contributed by atoms with Crippen LogP contribution < -0.4 is 5.32 Å². The molecule has 2 aliphatic rings. The molecule has 6 nitrogen and oxygen atoms in total. The first-order chi connectivity index (χ1) is 12.9. The number of nitrogens with zero attached hydrogens (tertiary/aromatic N) is 1. The minimum absolute atomic E-state index is 0.00116. The summed E-state index contributed by atoms with van der Waals surface area (Å²) in [5, 5.41) is 3.32. The first kappa shape index (κ1) is 20.0. The van der Waals surface area contributed by atoms with Gasteiger partial charge in [0, 0.05) is 24.0 Å². The molecule has 0 aromatic heterocycles. The highest BCUT2D eigenvalue weighted by atomic mass is 35.5. The fourth-order valence-electron chi connectivity index (χ4n) is 3.67. The molecule has 1 aromatic rings. The van der Waals surface area contributed by atoms with E-state index >= 15 is 0 Å². The summed E-state index contributed by atoms with van der Waals surface area (Å²) in [7, 11) is 0. The van der Waals surface area contributed by atoms with Crippen molar-refractivity contribution in [3.63, 3.8) is 0 Å². The summed E-state index contributed by atoms with van der Waals surface area (Å²) < 4.78 is 5.11. The number of benzene rings is 1. The van der Waals surface area contributed by atoms with Crippen molar-refractivity contribution >= 4 is 46.7 Å². The van der Waals surface area contributed by atoms with Crippen molar-refractivity contribution in [2.45, 2.75) is 44.6 Å². The van der Waals surface area contributed by atoms with Crippen molar-refractivity contribution in [2.75, 3.05) is 18.5 Å². The Morgan fingerprint density at radius 1 is 1.19 bits per heavy atom. The lowest BCUT2D eigenvalue weighted by molar-refractivity contribution is -0.151. The molecule has 1 N–H and O–H groups in total. The number of hydrogen-bond donors (Lipinski definition) is 1. The van der Waals surface area contributed by atoms with Crippen LogP contribution in [0, 0.1) is 5.92 Å². The van der Waals surface area contributed by atoms with Gasteiger partial charge in [-0.05, 0) is 31.0 Å². The zero-order valence-electron chi connectivity index (χ0n) is 14.9. The molecule has 0 unspecified atom stereocenters. The van der Waals surface area contributed by atoms with Crippen LogP contribution in [-0.2, 0) is 19.1 Å². The molecule has 1 atom stereocenters. The van der Waals surface area contributed by atoms with Gasteiger partial charge in [0.1, 0.15) is 0 Å². The Morgan fingerprint density at radius 3 is 2.63 bits per heavy atom. The number of amides is 2. The average molecular weight is 413 g/mol. The van der Waals surface area contributed by atoms with Crippen molar-refractivity contribution in [3.05, 3.63) is 28.2 Å². The Morgan fingerprint density at radius 2 is 1.93 bits per heavy atom. The second-order valence-electron chi connectivity index (χ2n) is 7.02. The Hall–Kier alpha value is -1.79. The largest absolute Gasteiger partial charge is 0.455 e. The fourth-order valence-corrected chi connectivity index (χ4v) is 4.12. The smallest absolute Gasteiger partial charge is 0.311 e. The first-order valence-electron chi connectivity index (χ1n) is 9.15. The van der Waals surface area contributed by atoms with E-state index in [2.05, 4.69) is 5.32 Å². The van der Waals surface area contributed by atoms with Crippen molar-refractivity contribution in [1.29, 1.82) is 0 Å². The van der Waals surface area contributed by atoms with Crippen LogP contribution in [0.15, 0.2) is 18.2 Å². The van der Waals surface area contributed by atoms with Crippen LogP contribution in [0.3, 0.4) is 0 Å². The Labute approximate surface area is 168 Å². The number of likely N-dealkylation sites (tertiary alicyclic amines) is 1. The maximum absolute atomic E-state index is 12.3. The molecule has 1 saturated heterocycles. The molecule has 1 aliphatic heterocycles. The lowest BCUT2D eigenvalue weighted by Crippen LogP contribution is -2.38. The molecule has 1 saturated carbocycles. The van der Waals surface area contributed by atoms with Crippen LogP contribution in [0.25, 0.3) is 0 Å². The summed E-state index contributed by atoms with van der Waals surface area (Å²) in [6.07, 6.45) is 5.60. The maximum Gasteiger partial charge on any atom is 0.311 e. The van der Waals surface area contributed by atoms with Gasteiger partial charge < -0.3 is 15.0 Å². The number of nitrogens with one attached hydrogen (secondary N) is 1. The highest BCUT2D eigenvalue weighted by Crippen LogP contribution is 2.29. The molecule has 1 aromatic carbocycles. The molecule has 3 rings (SSSR count). The number of halogens is 2. The van der Waals surface area contributed by atoms with E-state index < -0.39 is 24.4 Å². The van der Waals surface area contributed by atoms with Crippen molar-refractivity contribution < 1.29 is 19.1 Å². The first-order valence-corrected chi connectivity index (χ1v) is 9.90. The predicted molar refractivity (Wildman–Crippen MR) is 103 cm³/mol. The second-order valence-corrected chi connectivity index (χ2v) is 7.86. The van der Waals surface area contributed by atoms with Crippen LogP contribution in [0.1, 0.15) is 38.5 Å². The molecule has 2 fully saturated rings. The number of ether oxygens (including phenoxy) is 1. The van der Waals surface area contributed by atoms with Gasteiger partial charge in [-0.25, -0.2) is 0 Å². The topological polar surface area (TPSA) is 75.7 Å². The highest BCUT2D eigenvalue weighted by Gasteiger charge is 2.39. The van der Waals surface area contributed by atoms with Crippen molar-refractivity contribution in [2.24, 2.45) is 5.92 Å². The number of carbonyl (C=O) groups is 3. The molecular weight excluding hydrogens is 391 g/mol. The van der Waals surface area contributed by atoms with Gasteiger partial charge in [0.05, 0.1) is 16.6 Å². The predicted octanol–water partition coefficient (Wildman–Crippen LogP) is 3.66. The molecule has 0 spiro atoms. The van der Waals surface area contributed by atoms with E-state index in [1.165, 1.54) is 12.5 Å². The van der Waals surface area contributed by atoms with Gasteiger partial charge in [-0.3, -0.25) is 14.4 Å². The van der Waals surface area contributed by atoms with Crippen LogP contribution >= 0.6 is 23.2 Å². The zero-order valence-corrected chi connectivity index (χ0v) is 16.4.